The van der Waals surface area contributed by atoms with Crippen molar-refractivity contribution >= 4 is 0 Å². The zero-order valence-electron chi connectivity index (χ0n) is 10.0. The number of nitrogens with one attached hydrogen (secondary N) is 1. The maximum Gasteiger partial charge on any atom is 0.0608 e. The molecule has 0 atom stereocenters. The van der Waals surface area contributed by atoms with E-state index in [0.717, 1.165) is 6.04 Å². The Morgan fingerprint density at radius 3 is 2.47 bits per heavy atom. The van der Waals surface area contributed by atoms with Gasteiger partial charge in [0.05, 0.1) is 12.2 Å². The van der Waals surface area contributed by atoms with Gasteiger partial charge in [0.2, 0.25) is 0 Å². The van der Waals surface area contributed by atoms with Crippen LogP contribution in [0.2, 0.25) is 0 Å². The first kappa shape index (κ1) is 11.4. The molecule has 0 aliphatic heterocycles. The Bertz CT molecular complexity index is 171. The molecule has 0 aromatic carbocycles. The predicted octanol–water partition coefficient (Wildman–Crippen LogP) is 2.87. The maximum absolute atomic E-state index is 6.10. The highest BCUT2D eigenvalue weighted by molar-refractivity contribution is 4.86. The molecule has 0 amide bonds. The van der Waals surface area contributed by atoms with Crippen molar-refractivity contribution in [3.8, 4) is 0 Å². The van der Waals surface area contributed by atoms with Crippen molar-refractivity contribution in [2.75, 3.05) is 6.54 Å². The van der Waals surface area contributed by atoms with Gasteiger partial charge in [-0.1, -0.05) is 26.2 Å². The fourth-order valence-corrected chi connectivity index (χ4v) is 2.67. The van der Waals surface area contributed by atoms with Gasteiger partial charge < -0.3 is 10.1 Å². The summed E-state index contributed by atoms with van der Waals surface area (Å²) in [5.41, 5.74) is 0. The van der Waals surface area contributed by atoms with Crippen LogP contribution < -0.4 is 5.32 Å². The summed E-state index contributed by atoms with van der Waals surface area (Å²) in [6.45, 7) is 3.39. The van der Waals surface area contributed by atoms with Crippen LogP contribution in [-0.2, 0) is 4.74 Å². The van der Waals surface area contributed by atoms with E-state index in [4.69, 9.17) is 4.74 Å². The third-order valence-electron chi connectivity index (χ3n) is 3.71. The number of rotatable bonds is 5. The third kappa shape index (κ3) is 3.46. The van der Waals surface area contributed by atoms with E-state index >= 15 is 0 Å². The van der Waals surface area contributed by atoms with Gasteiger partial charge >= 0.3 is 0 Å². The summed E-state index contributed by atoms with van der Waals surface area (Å²) in [5.74, 6) is 0. The molecule has 0 radical (unpaired) electrons. The van der Waals surface area contributed by atoms with Crippen molar-refractivity contribution in [3.63, 3.8) is 0 Å². The minimum absolute atomic E-state index is 0.572. The van der Waals surface area contributed by atoms with Crippen LogP contribution in [0.3, 0.4) is 0 Å². The van der Waals surface area contributed by atoms with Crippen molar-refractivity contribution in [1.82, 2.24) is 5.32 Å². The van der Waals surface area contributed by atoms with Crippen LogP contribution in [0, 0.1) is 0 Å². The quantitative estimate of drug-likeness (QED) is 0.755. The molecule has 0 unspecified atom stereocenters. The Kier molecular flexibility index (Phi) is 4.45. The van der Waals surface area contributed by atoms with Crippen LogP contribution in [0.1, 0.15) is 58.3 Å². The van der Waals surface area contributed by atoms with Crippen LogP contribution in [0.25, 0.3) is 0 Å². The molecule has 2 aliphatic carbocycles. The minimum Gasteiger partial charge on any atom is -0.375 e. The summed E-state index contributed by atoms with van der Waals surface area (Å²) < 4.78 is 6.10. The molecule has 0 spiro atoms. The zero-order chi connectivity index (χ0) is 10.5. The van der Waals surface area contributed by atoms with E-state index in [2.05, 4.69) is 12.2 Å². The summed E-state index contributed by atoms with van der Waals surface area (Å²) in [5, 5.41) is 3.56. The highest BCUT2D eigenvalue weighted by Crippen LogP contribution is 2.29. The van der Waals surface area contributed by atoms with Crippen molar-refractivity contribution in [1.29, 1.82) is 0 Å². The summed E-state index contributed by atoms with van der Waals surface area (Å²) in [6, 6.07) is 0.749. The van der Waals surface area contributed by atoms with Crippen molar-refractivity contribution in [2.45, 2.75) is 76.5 Å². The fraction of sp³-hybridized carbons (Fsp3) is 1.00. The van der Waals surface area contributed by atoms with Crippen LogP contribution in [0.4, 0.5) is 0 Å². The Balaban J connectivity index is 1.54. The van der Waals surface area contributed by atoms with E-state index in [1.165, 1.54) is 57.9 Å². The van der Waals surface area contributed by atoms with Gasteiger partial charge in [0.25, 0.3) is 0 Å². The van der Waals surface area contributed by atoms with Gasteiger partial charge in [0.15, 0.2) is 0 Å². The van der Waals surface area contributed by atoms with Gasteiger partial charge in [-0.25, -0.2) is 0 Å². The molecule has 1 N–H and O–H groups in total. The molecule has 0 aromatic heterocycles. The Morgan fingerprint density at radius 1 is 1.07 bits per heavy atom. The molecule has 0 aromatic rings. The second kappa shape index (κ2) is 5.86. The van der Waals surface area contributed by atoms with Crippen molar-refractivity contribution in [3.05, 3.63) is 0 Å². The van der Waals surface area contributed by atoms with Gasteiger partial charge in [-0.05, 0) is 38.6 Å². The molecular formula is C13H25NO. The molecule has 0 bridgehead atoms. The third-order valence-corrected chi connectivity index (χ3v) is 3.71. The van der Waals surface area contributed by atoms with E-state index in [9.17, 15) is 0 Å². The first-order valence-electron chi connectivity index (χ1n) is 6.77. The molecule has 2 rings (SSSR count). The lowest BCUT2D eigenvalue weighted by Gasteiger charge is -2.39. The van der Waals surface area contributed by atoms with Crippen LogP contribution in [0.5, 0.6) is 0 Å². The largest absolute Gasteiger partial charge is 0.375 e. The molecule has 2 aliphatic rings. The predicted molar refractivity (Wildman–Crippen MR) is 63.1 cm³/mol. The Labute approximate surface area is 93.8 Å². The van der Waals surface area contributed by atoms with Gasteiger partial charge in [0.1, 0.15) is 0 Å². The van der Waals surface area contributed by atoms with E-state index in [1.807, 2.05) is 0 Å². The van der Waals surface area contributed by atoms with Crippen LogP contribution in [0.15, 0.2) is 0 Å². The molecule has 2 heteroatoms. The zero-order valence-corrected chi connectivity index (χ0v) is 10.0. The van der Waals surface area contributed by atoms with E-state index < -0.39 is 0 Å². The summed E-state index contributed by atoms with van der Waals surface area (Å²) >= 11 is 0. The topological polar surface area (TPSA) is 21.3 Å². The molecule has 0 saturated heterocycles. The summed E-state index contributed by atoms with van der Waals surface area (Å²) in [7, 11) is 0. The Hall–Kier alpha value is -0.0800. The van der Waals surface area contributed by atoms with Crippen LogP contribution in [-0.4, -0.2) is 24.8 Å². The maximum atomic E-state index is 6.10. The second-order valence-corrected chi connectivity index (χ2v) is 5.14. The standard InChI is InChI=1S/C13H25NO/c1-2-8-14-11-9-13(10-11)15-12-6-4-3-5-7-12/h11-14H,2-10H2,1H3. The van der Waals surface area contributed by atoms with E-state index in [1.54, 1.807) is 0 Å². The summed E-state index contributed by atoms with van der Waals surface area (Å²) in [4.78, 5) is 0. The first-order chi connectivity index (χ1) is 7.38. The van der Waals surface area contributed by atoms with E-state index in [0.29, 0.717) is 12.2 Å². The van der Waals surface area contributed by atoms with E-state index in [-0.39, 0.29) is 0 Å². The molecule has 2 fully saturated rings. The monoisotopic (exact) mass is 211 g/mol. The van der Waals surface area contributed by atoms with Gasteiger partial charge in [-0.15, -0.1) is 0 Å². The molecule has 2 saturated carbocycles. The molecular weight excluding hydrogens is 186 g/mol. The minimum atomic E-state index is 0.572. The molecule has 15 heavy (non-hydrogen) atoms. The highest BCUT2D eigenvalue weighted by Gasteiger charge is 2.31. The lowest BCUT2D eigenvalue weighted by atomic mass is 9.88. The average Bonchev–Trinajstić information content (AvgIpc) is 2.23. The summed E-state index contributed by atoms with van der Waals surface area (Å²) in [6.07, 6.45) is 11.7. The van der Waals surface area contributed by atoms with Crippen LogP contribution >= 0.6 is 0 Å². The normalized spacial score (nSPS) is 32.6. The van der Waals surface area contributed by atoms with Gasteiger partial charge in [-0.2, -0.15) is 0 Å². The first-order valence-corrected chi connectivity index (χ1v) is 6.77. The lowest BCUT2D eigenvalue weighted by molar-refractivity contribution is -0.0763. The number of hydrogen-bond acceptors (Lipinski definition) is 2. The van der Waals surface area contributed by atoms with Crippen molar-refractivity contribution in [2.24, 2.45) is 0 Å². The average molecular weight is 211 g/mol. The highest BCUT2D eigenvalue weighted by atomic mass is 16.5. The number of hydrogen-bond donors (Lipinski definition) is 1. The lowest BCUT2D eigenvalue weighted by Crippen LogP contribution is -2.47. The smallest absolute Gasteiger partial charge is 0.0608 e. The Morgan fingerprint density at radius 2 is 1.80 bits per heavy atom. The van der Waals surface area contributed by atoms with Crippen molar-refractivity contribution < 1.29 is 4.74 Å². The molecule has 0 heterocycles. The molecule has 88 valence electrons. The van der Waals surface area contributed by atoms with Gasteiger partial charge in [0, 0.05) is 6.04 Å². The SMILES string of the molecule is CCCNC1CC(OC2CCCCC2)C1. The second-order valence-electron chi connectivity index (χ2n) is 5.14. The number of ether oxygens (including phenoxy) is 1. The van der Waals surface area contributed by atoms with Gasteiger partial charge in [-0.3, -0.25) is 0 Å². The molecule has 2 nitrogen and oxygen atoms in total. The fourth-order valence-electron chi connectivity index (χ4n) is 2.67.